The number of ether oxygens (including phenoxy) is 2. The van der Waals surface area contributed by atoms with Crippen molar-refractivity contribution < 1.29 is 9.47 Å². The third kappa shape index (κ3) is 1.85. The minimum atomic E-state index is -0.482. The number of aromatic nitrogens is 2. The highest BCUT2D eigenvalue weighted by molar-refractivity contribution is 7.71. The smallest absolute Gasteiger partial charge is 0.252 e. The molecule has 0 unspecified atom stereocenters. The van der Waals surface area contributed by atoms with Gasteiger partial charge in [-0.3, -0.25) is 9.78 Å². The van der Waals surface area contributed by atoms with E-state index >= 15 is 0 Å². The van der Waals surface area contributed by atoms with Crippen molar-refractivity contribution in [2.75, 3.05) is 13.2 Å². The Morgan fingerprint density at radius 3 is 2.69 bits per heavy atom. The van der Waals surface area contributed by atoms with Crippen molar-refractivity contribution in [3.05, 3.63) is 26.9 Å². The Hall–Kier alpha value is -0.980. The van der Waals surface area contributed by atoms with Crippen LogP contribution in [0.25, 0.3) is 0 Å². The number of H-pyrrole nitrogens is 2. The van der Waals surface area contributed by atoms with Gasteiger partial charge in [0.25, 0.3) is 5.56 Å². The Kier molecular flexibility index (Phi) is 2.26. The number of aromatic amines is 2. The molecule has 0 atom stereocenters. The first-order valence-electron chi connectivity index (χ1n) is 3.82. The van der Waals surface area contributed by atoms with Crippen LogP contribution in [0.5, 0.6) is 0 Å². The van der Waals surface area contributed by atoms with Gasteiger partial charge in [-0.25, -0.2) is 0 Å². The average molecular weight is 200 g/mol. The van der Waals surface area contributed by atoms with E-state index in [0.717, 1.165) is 0 Å². The summed E-state index contributed by atoms with van der Waals surface area (Å²) in [6.07, 6.45) is -0.482. The summed E-state index contributed by atoms with van der Waals surface area (Å²) in [5.74, 6) is 0. The van der Waals surface area contributed by atoms with E-state index in [1.165, 1.54) is 6.07 Å². The number of nitrogens with one attached hydrogen (secondary N) is 2. The van der Waals surface area contributed by atoms with Crippen LogP contribution in [0.15, 0.2) is 10.9 Å². The summed E-state index contributed by atoms with van der Waals surface area (Å²) in [4.78, 5) is 16.2. The van der Waals surface area contributed by atoms with Crippen LogP contribution in [0.2, 0.25) is 0 Å². The third-order valence-corrected chi connectivity index (χ3v) is 1.86. The van der Waals surface area contributed by atoms with Crippen LogP contribution in [0, 0.1) is 4.77 Å². The fourth-order valence-corrected chi connectivity index (χ4v) is 1.37. The maximum Gasteiger partial charge on any atom is 0.252 e. The molecule has 2 heterocycles. The minimum Gasteiger partial charge on any atom is -0.345 e. The van der Waals surface area contributed by atoms with E-state index in [1.54, 1.807) is 0 Å². The first-order valence-corrected chi connectivity index (χ1v) is 4.23. The van der Waals surface area contributed by atoms with E-state index in [1.807, 2.05) is 0 Å². The molecule has 70 valence electrons. The molecule has 2 N–H and O–H groups in total. The summed E-state index contributed by atoms with van der Waals surface area (Å²) in [6, 6.07) is 1.38. The zero-order chi connectivity index (χ0) is 9.26. The van der Waals surface area contributed by atoms with Gasteiger partial charge in [0.1, 0.15) is 0 Å². The van der Waals surface area contributed by atoms with Gasteiger partial charge < -0.3 is 14.5 Å². The fourth-order valence-electron chi connectivity index (χ4n) is 1.15. The van der Waals surface area contributed by atoms with Gasteiger partial charge in [-0.1, -0.05) is 0 Å². The lowest BCUT2D eigenvalue weighted by Gasteiger charge is -2.07. The van der Waals surface area contributed by atoms with Crippen LogP contribution in [0.4, 0.5) is 0 Å². The lowest BCUT2D eigenvalue weighted by atomic mass is 10.4. The van der Waals surface area contributed by atoms with E-state index < -0.39 is 6.29 Å². The molecule has 5 nitrogen and oxygen atoms in total. The van der Waals surface area contributed by atoms with Crippen LogP contribution in [-0.4, -0.2) is 23.2 Å². The molecule has 0 spiro atoms. The molecule has 1 aliphatic rings. The molecule has 1 fully saturated rings. The summed E-state index contributed by atoms with van der Waals surface area (Å²) in [5, 5.41) is 0. The van der Waals surface area contributed by atoms with Gasteiger partial charge in [-0.15, -0.1) is 0 Å². The SMILES string of the molecule is O=c1cc(C2OCCO2)[nH]c(=S)[nH]1. The summed E-state index contributed by atoms with van der Waals surface area (Å²) in [6.45, 7) is 1.08. The zero-order valence-electron chi connectivity index (χ0n) is 6.70. The lowest BCUT2D eigenvalue weighted by molar-refractivity contribution is -0.0475. The Morgan fingerprint density at radius 1 is 1.38 bits per heavy atom. The fraction of sp³-hybridized carbons (Fsp3) is 0.429. The highest BCUT2D eigenvalue weighted by Gasteiger charge is 2.18. The van der Waals surface area contributed by atoms with Crippen molar-refractivity contribution >= 4 is 12.2 Å². The second-order valence-corrected chi connectivity index (χ2v) is 3.02. The molecule has 0 aromatic carbocycles. The summed E-state index contributed by atoms with van der Waals surface area (Å²) < 4.78 is 10.7. The van der Waals surface area contributed by atoms with E-state index in [2.05, 4.69) is 9.97 Å². The van der Waals surface area contributed by atoms with Gasteiger partial charge in [0.05, 0.1) is 18.9 Å². The van der Waals surface area contributed by atoms with Gasteiger partial charge in [-0.05, 0) is 12.2 Å². The topological polar surface area (TPSA) is 67.1 Å². The number of rotatable bonds is 1. The normalized spacial score (nSPS) is 17.8. The van der Waals surface area contributed by atoms with Crippen LogP contribution in [-0.2, 0) is 9.47 Å². The van der Waals surface area contributed by atoms with Crippen molar-refractivity contribution in [1.29, 1.82) is 0 Å². The van der Waals surface area contributed by atoms with Crippen LogP contribution < -0.4 is 5.56 Å². The van der Waals surface area contributed by atoms with Gasteiger partial charge in [0.2, 0.25) is 0 Å². The second-order valence-electron chi connectivity index (χ2n) is 2.62. The molecule has 0 amide bonds. The van der Waals surface area contributed by atoms with E-state index in [0.29, 0.717) is 18.9 Å². The molecule has 2 rings (SSSR count). The Labute approximate surface area is 78.7 Å². The maximum atomic E-state index is 11.0. The highest BCUT2D eigenvalue weighted by atomic mass is 32.1. The van der Waals surface area contributed by atoms with E-state index in [-0.39, 0.29) is 10.3 Å². The molecule has 13 heavy (non-hydrogen) atoms. The molecule has 0 saturated carbocycles. The summed E-state index contributed by atoms with van der Waals surface area (Å²) in [7, 11) is 0. The summed E-state index contributed by atoms with van der Waals surface area (Å²) >= 11 is 4.80. The third-order valence-electron chi connectivity index (χ3n) is 1.66. The molecule has 0 bridgehead atoms. The first kappa shape index (κ1) is 8.61. The van der Waals surface area contributed by atoms with E-state index in [9.17, 15) is 4.79 Å². The molecule has 1 aromatic heterocycles. The Morgan fingerprint density at radius 2 is 2.08 bits per heavy atom. The van der Waals surface area contributed by atoms with Gasteiger partial charge >= 0.3 is 0 Å². The van der Waals surface area contributed by atoms with Gasteiger partial charge in [-0.2, -0.15) is 0 Å². The second kappa shape index (κ2) is 3.41. The van der Waals surface area contributed by atoms with Gasteiger partial charge in [0.15, 0.2) is 11.1 Å². The lowest BCUT2D eigenvalue weighted by Crippen LogP contribution is -2.11. The molecular weight excluding hydrogens is 192 g/mol. The first-order chi connectivity index (χ1) is 6.25. The molecule has 1 aliphatic heterocycles. The van der Waals surface area contributed by atoms with E-state index in [4.69, 9.17) is 21.7 Å². The van der Waals surface area contributed by atoms with Crippen molar-refractivity contribution in [3.63, 3.8) is 0 Å². The Balaban J connectivity index is 2.39. The number of hydrogen-bond donors (Lipinski definition) is 2. The van der Waals surface area contributed by atoms with Gasteiger partial charge in [0, 0.05) is 6.07 Å². The van der Waals surface area contributed by atoms with Crippen LogP contribution >= 0.6 is 12.2 Å². The maximum absolute atomic E-state index is 11.0. The average Bonchev–Trinajstić information content (AvgIpc) is 2.53. The van der Waals surface area contributed by atoms with Crippen molar-refractivity contribution in [2.45, 2.75) is 6.29 Å². The monoisotopic (exact) mass is 200 g/mol. The number of hydrogen-bond acceptors (Lipinski definition) is 4. The molecule has 0 aliphatic carbocycles. The molecule has 1 saturated heterocycles. The zero-order valence-corrected chi connectivity index (χ0v) is 7.52. The standard InChI is InChI=1S/C7H8N2O3S/c10-5-3-4(8-7(13)9-5)6-11-1-2-12-6/h3,6H,1-2H2,(H2,8,9,10,13). The minimum absolute atomic E-state index is 0.252. The molecule has 6 heteroatoms. The predicted octanol–water partition coefficient (Wildman–Crippen LogP) is 0.478. The quantitative estimate of drug-likeness (QED) is 0.647. The molecule has 1 aromatic rings. The predicted molar refractivity (Wildman–Crippen MR) is 46.9 cm³/mol. The van der Waals surface area contributed by atoms with Crippen molar-refractivity contribution in [1.82, 2.24) is 9.97 Å². The van der Waals surface area contributed by atoms with Crippen LogP contribution in [0.1, 0.15) is 12.0 Å². The van der Waals surface area contributed by atoms with Crippen molar-refractivity contribution in [3.8, 4) is 0 Å². The Bertz CT molecular complexity index is 376. The van der Waals surface area contributed by atoms with Crippen molar-refractivity contribution in [2.24, 2.45) is 0 Å². The summed E-state index contributed by atoms with van der Waals surface area (Å²) in [5.41, 5.74) is 0.309. The molecule has 0 radical (unpaired) electrons. The van der Waals surface area contributed by atoms with Crippen LogP contribution in [0.3, 0.4) is 0 Å². The highest BCUT2D eigenvalue weighted by Crippen LogP contribution is 2.19. The molecular formula is C7H8N2O3S. The largest absolute Gasteiger partial charge is 0.345 e.